The van der Waals surface area contributed by atoms with E-state index in [9.17, 15) is 13.2 Å². The first kappa shape index (κ1) is 21.2. The quantitative estimate of drug-likeness (QED) is 0.335. The Balaban J connectivity index is 0.00000300. The van der Waals surface area contributed by atoms with Crippen molar-refractivity contribution in [2.75, 3.05) is 0 Å². The predicted octanol–water partition coefficient (Wildman–Crippen LogP) is 8.69. The maximum Gasteiger partial charge on any atom is 0.416 e. The summed E-state index contributed by atoms with van der Waals surface area (Å²) >= 11 is 0. The van der Waals surface area contributed by atoms with Gasteiger partial charge in [0.25, 0.3) is 0 Å². The fraction of sp³-hybridized carbons (Fsp3) is 0.600. The van der Waals surface area contributed by atoms with Crippen LogP contribution in [-0.4, -0.2) is 0 Å². The summed E-state index contributed by atoms with van der Waals surface area (Å²) in [6.45, 7) is 2.09. The zero-order chi connectivity index (χ0) is 20.0. The summed E-state index contributed by atoms with van der Waals surface area (Å²) in [6, 6.07) is 5.68. The number of unbranched alkanes of at least 4 members (excludes halogenated alkanes) is 1. The predicted molar refractivity (Wildman–Crippen MR) is 113 cm³/mol. The van der Waals surface area contributed by atoms with Gasteiger partial charge in [-0.15, -0.1) is 0 Å². The van der Waals surface area contributed by atoms with Gasteiger partial charge in [-0.25, -0.2) is 0 Å². The highest BCUT2D eigenvalue weighted by Gasteiger charge is 2.31. The fourth-order valence-electron chi connectivity index (χ4n) is 5.06. The van der Waals surface area contributed by atoms with Gasteiger partial charge in [-0.1, -0.05) is 49.6 Å². The smallest absolute Gasteiger partial charge is 0.166 e. The number of allylic oxidation sites excluding steroid dienone is 4. The van der Waals surface area contributed by atoms with E-state index in [1.165, 1.54) is 69.1 Å². The summed E-state index contributed by atoms with van der Waals surface area (Å²) in [7, 11) is 0. The van der Waals surface area contributed by atoms with Crippen molar-refractivity contribution in [2.45, 2.75) is 77.3 Å². The molecular formula is C25H35F3. The average Bonchev–Trinajstić information content (AvgIpc) is 2.71. The molecule has 0 amide bonds. The Morgan fingerprint density at radius 2 is 1.71 bits per heavy atom. The molecule has 0 aromatic heterocycles. The molecule has 1 aromatic carbocycles. The molecule has 3 rings (SSSR count). The topological polar surface area (TPSA) is 0 Å². The van der Waals surface area contributed by atoms with Crippen LogP contribution < -0.4 is 0 Å². The van der Waals surface area contributed by atoms with Gasteiger partial charge in [0.05, 0.1) is 5.56 Å². The Hall–Kier alpha value is -1.51. The summed E-state index contributed by atoms with van der Waals surface area (Å²) in [6.07, 6.45) is 15.1. The molecule has 0 N–H and O–H groups in total. The van der Waals surface area contributed by atoms with Gasteiger partial charge in [-0.3, -0.25) is 0 Å². The molecule has 0 nitrogen and oxygen atoms in total. The number of hydrogen-bond acceptors (Lipinski definition) is 0. The molecule has 3 heteroatoms. The summed E-state index contributed by atoms with van der Waals surface area (Å²) in [5.74, 6) is 2.53. The van der Waals surface area contributed by atoms with Crippen LogP contribution in [0.1, 0.15) is 83.7 Å². The van der Waals surface area contributed by atoms with Gasteiger partial charge in [0.1, 0.15) is 0 Å². The van der Waals surface area contributed by atoms with Gasteiger partial charge in [0, 0.05) is 1.43 Å². The summed E-state index contributed by atoms with van der Waals surface area (Å²) in [5.41, 5.74) is 1.62. The van der Waals surface area contributed by atoms with Crippen molar-refractivity contribution in [2.24, 2.45) is 17.8 Å². The molecule has 1 aromatic rings. The molecule has 2 aliphatic carbocycles. The van der Waals surface area contributed by atoms with Crippen LogP contribution in [0, 0.1) is 17.8 Å². The monoisotopic (exact) mass is 392 g/mol. The second kappa shape index (κ2) is 9.80. The van der Waals surface area contributed by atoms with Crippen molar-refractivity contribution in [3.05, 3.63) is 53.6 Å². The number of halogens is 3. The lowest BCUT2D eigenvalue weighted by atomic mass is 9.70. The lowest BCUT2D eigenvalue weighted by molar-refractivity contribution is -0.137. The van der Waals surface area contributed by atoms with E-state index in [1.54, 1.807) is 12.1 Å². The van der Waals surface area contributed by atoms with Crippen molar-refractivity contribution < 1.29 is 14.6 Å². The zero-order valence-electron chi connectivity index (χ0n) is 17.0. The normalized spacial score (nSPS) is 26.4. The standard InChI is InChI=1S/C25H33F3.H2/c1-2-3-4-5-6-19-7-9-20(10-8-19)21-11-13-22(14-12-21)23-15-17-24(18-16-23)25(26,27)28;/h2-3,13,15-21H,4-12,14H2,1H3;1H/b3-2+;. The zero-order valence-corrected chi connectivity index (χ0v) is 17.0. The molecule has 0 aliphatic heterocycles. The van der Waals surface area contributed by atoms with Crippen molar-refractivity contribution in [3.8, 4) is 0 Å². The van der Waals surface area contributed by atoms with Gasteiger partial charge >= 0.3 is 6.18 Å². The molecule has 0 radical (unpaired) electrons. The third-order valence-electron chi connectivity index (χ3n) is 6.81. The van der Waals surface area contributed by atoms with E-state index in [1.807, 2.05) is 0 Å². The molecule has 1 saturated carbocycles. The van der Waals surface area contributed by atoms with Crippen molar-refractivity contribution in [1.29, 1.82) is 0 Å². The third kappa shape index (κ3) is 5.75. The Labute approximate surface area is 169 Å². The SMILES string of the molecule is C/C=C/CCCC1CCC(C2CC=C(c3ccc(C(F)(F)F)cc3)CC2)CC1.[HH]. The first-order chi connectivity index (χ1) is 13.5. The number of benzene rings is 1. The maximum absolute atomic E-state index is 12.7. The van der Waals surface area contributed by atoms with E-state index >= 15 is 0 Å². The highest BCUT2D eigenvalue weighted by atomic mass is 19.4. The molecule has 0 saturated heterocycles. The molecular weight excluding hydrogens is 357 g/mol. The van der Waals surface area contributed by atoms with E-state index in [2.05, 4.69) is 25.2 Å². The molecule has 2 aliphatic rings. The van der Waals surface area contributed by atoms with Crippen LogP contribution in [-0.2, 0) is 6.18 Å². The average molecular weight is 393 g/mol. The van der Waals surface area contributed by atoms with Gasteiger partial charge in [0.2, 0.25) is 0 Å². The minimum Gasteiger partial charge on any atom is -0.166 e. The largest absolute Gasteiger partial charge is 0.416 e. The van der Waals surface area contributed by atoms with Crippen LogP contribution in [0.25, 0.3) is 5.57 Å². The van der Waals surface area contributed by atoms with Crippen LogP contribution in [0.4, 0.5) is 13.2 Å². The van der Waals surface area contributed by atoms with Gasteiger partial charge in [-0.05, 0) is 92.9 Å². The van der Waals surface area contributed by atoms with Gasteiger partial charge in [-0.2, -0.15) is 13.2 Å². The molecule has 1 unspecified atom stereocenters. The first-order valence-electron chi connectivity index (χ1n) is 10.9. The molecule has 1 fully saturated rings. The minimum absolute atomic E-state index is 0. The summed E-state index contributed by atoms with van der Waals surface area (Å²) in [4.78, 5) is 0. The molecule has 28 heavy (non-hydrogen) atoms. The molecule has 0 spiro atoms. The fourth-order valence-corrected chi connectivity index (χ4v) is 5.06. The Morgan fingerprint density at radius 3 is 2.29 bits per heavy atom. The third-order valence-corrected chi connectivity index (χ3v) is 6.81. The van der Waals surface area contributed by atoms with Crippen molar-refractivity contribution in [1.82, 2.24) is 0 Å². The van der Waals surface area contributed by atoms with Gasteiger partial charge in [0.15, 0.2) is 0 Å². The molecule has 1 atom stereocenters. The van der Waals surface area contributed by atoms with E-state index in [0.29, 0.717) is 0 Å². The van der Waals surface area contributed by atoms with Gasteiger partial charge < -0.3 is 0 Å². The first-order valence-corrected chi connectivity index (χ1v) is 10.9. The Bertz CT molecular complexity index is 664. The van der Waals surface area contributed by atoms with E-state index in [-0.39, 0.29) is 1.43 Å². The minimum atomic E-state index is -4.25. The summed E-state index contributed by atoms with van der Waals surface area (Å²) in [5, 5.41) is 0. The van der Waals surface area contributed by atoms with Crippen LogP contribution >= 0.6 is 0 Å². The molecule has 0 bridgehead atoms. The Kier molecular flexibility index (Phi) is 7.42. The van der Waals surface area contributed by atoms with E-state index in [0.717, 1.165) is 36.2 Å². The van der Waals surface area contributed by atoms with E-state index < -0.39 is 11.7 Å². The number of alkyl halides is 3. The van der Waals surface area contributed by atoms with Crippen LogP contribution in [0.5, 0.6) is 0 Å². The maximum atomic E-state index is 12.7. The lowest BCUT2D eigenvalue weighted by Crippen LogP contribution is -2.23. The number of hydrogen-bond donors (Lipinski definition) is 0. The highest BCUT2D eigenvalue weighted by Crippen LogP contribution is 2.42. The van der Waals surface area contributed by atoms with Crippen LogP contribution in [0.15, 0.2) is 42.5 Å². The van der Waals surface area contributed by atoms with Crippen molar-refractivity contribution >= 4 is 5.57 Å². The Morgan fingerprint density at radius 1 is 1.00 bits per heavy atom. The van der Waals surface area contributed by atoms with Crippen LogP contribution in [0.2, 0.25) is 0 Å². The lowest BCUT2D eigenvalue weighted by Gasteiger charge is -2.35. The molecule has 0 heterocycles. The van der Waals surface area contributed by atoms with E-state index in [4.69, 9.17) is 0 Å². The second-order valence-corrected chi connectivity index (χ2v) is 8.62. The summed E-state index contributed by atoms with van der Waals surface area (Å²) < 4.78 is 38.2. The number of rotatable bonds is 6. The highest BCUT2D eigenvalue weighted by molar-refractivity contribution is 5.66. The second-order valence-electron chi connectivity index (χ2n) is 8.62. The van der Waals surface area contributed by atoms with Crippen molar-refractivity contribution in [3.63, 3.8) is 0 Å². The van der Waals surface area contributed by atoms with Crippen LogP contribution in [0.3, 0.4) is 0 Å². The molecule has 156 valence electrons.